The first-order valence-electron chi connectivity index (χ1n) is 7.57. The normalized spacial score (nSPS) is 10.7. The van der Waals surface area contributed by atoms with Crippen LogP contribution in [0.4, 0.5) is 0 Å². The summed E-state index contributed by atoms with van der Waals surface area (Å²) in [4.78, 5) is 18.9. The van der Waals surface area contributed by atoms with Gasteiger partial charge in [0.25, 0.3) is 5.91 Å². The van der Waals surface area contributed by atoms with Crippen LogP contribution in [0.5, 0.6) is 5.75 Å². The number of pyridine rings is 1. The third kappa shape index (κ3) is 3.04. The first-order valence-corrected chi connectivity index (χ1v) is 7.57. The van der Waals surface area contributed by atoms with Gasteiger partial charge in [-0.3, -0.25) is 4.79 Å². The number of aromatic nitrogens is 2. The molecule has 0 unspecified atom stereocenters. The number of methoxy groups -OCH3 is 1. The van der Waals surface area contributed by atoms with E-state index in [-0.39, 0.29) is 5.91 Å². The molecule has 23 heavy (non-hydrogen) atoms. The van der Waals surface area contributed by atoms with Crippen LogP contribution in [-0.4, -0.2) is 33.8 Å². The van der Waals surface area contributed by atoms with Gasteiger partial charge in [0, 0.05) is 18.3 Å². The largest absolute Gasteiger partial charge is 0.497 e. The first-order chi connectivity index (χ1) is 11.2. The van der Waals surface area contributed by atoms with Crippen LogP contribution < -0.4 is 4.74 Å². The highest BCUT2D eigenvalue weighted by atomic mass is 16.5. The molecule has 0 radical (unpaired) electrons. The summed E-state index contributed by atoms with van der Waals surface area (Å²) in [7, 11) is 1.60. The van der Waals surface area contributed by atoms with Gasteiger partial charge in [0.2, 0.25) is 0 Å². The fourth-order valence-corrected chi connectivity index (χ4v) is 2.56. The number of nitrogens with zero attached hydrogens (tertiary/aromatic N) is 3. The van der Waals surface area contributed by atoms with Gasteiger partial charge in [-0.1, -0.05) is 12.1 Å². The van der Waals surface area contributed by atoms with E-state index in [4.69, 9.17) is 4.74 Å². The number of benzene rings is 1. The molecule has 0 saturated heterocycles. The van der Waals surface area contributed by atoms with Crippen LogP contribution in [0.25, 0.3) is 5.65 Å². The zero-order valence-electron chi connectivity index (χ0n) is 13.3. The molecule has 0 aliphatic heterocycles. The molecule has 0 atom stereocenters. The summed E-state index contributed by atoms with van der Waals surface area (Å²) in [6, 6.07) is 13.1. The Morgan fingerprint density at radius 2 is 2.13 bits per heavy atom. The Bertz CT molecular complexity index is 826. The van der Waals surface area contributed by atoms with Crippen molar-refractivity contribution in [2.45, 2.75) is 13.5 Å². The lowest BCUT2D eigenvalue weighted by Gasteiger charge is -2.21. The minimum Gasteiger partial charge on any atom is -0.497 e. The van der Waals surface area contributed by atoms with E-state index in [2.05, 4.69) is 4.98 Å². The van der Waals surface area contributed by atoms with Crippen LogP contribution in [0.1, 0.15) is 23.0 Å². The number of ether oxygens (including phenoxy) is 1. The number of hydrogen-bond donors (Lipinski definition) is 0. The van der Waals surface area contributed by atoms with Crippen molar-refractivity contribution in [3.05, 3.63) is 66.1 Å². The van der Waals surface area contributed by atoms with Crippen molar-refractivity contribution in [2.24, 2.45) is 0 Å². The number of imidazole rings is 1. The van der Waals surface area contributed by atoms with Crippen LogP contribution in [0, 0.1) is 0 Å². The van der Waals surface area contributed by atoms with E-state index in [0.29, 0.717) is 24.4 Å². The molecule has 2 heterocycles. The molecule has 0 fully saturated rings. The number of amides is 1. The summed E-state index contributed by atoms with van der Waals surface area (Å²) in [5.41, 5.74) is 2.49. The molecule has 5 nitrogen and oxygen atoms in total. The van der Waals surface area contributed by atoms with E-state index in [1.165, 1.54) is 0 Å². The molecule has 3 rings (SSSR count). The van der Waals surface area contributed by atoms with Gasteiger partial charge < -0.3 is 14.0 Å². The predicted molar refractivity (Wildman–Crippen MR) is 88.6 cm³/mol. The molecule has 3 aromatic rings. The molecule has 5 heteroatoms. The molecule has 118 valence electrons. The smallest absolute Gasteiger partial charge is 0.254 e. The summed E-state index contributed by atoms with van der Waals surface area (Å²) < 4.78 is 7.20. The second kappa shape index (κ2) is 6.52. The molecular formula is C18H19N3O2. The number of rotatable bonds is 5. The molecule has 0 aliphatic rings. The Labute approximate surface area is 135 Å². The van der Waals surface area contributed by atoms with Crippen molar-refractivity contribution < 1.29 is 9.53 Å². The Morgan fingerprint density at radius 1 is 1.26 bits per heavy atom. The zero-order valence-corrected chi connectivity index (χ0v) is 13.3. The van der Waals surface area contributed by atoms with E-state index in [1.807, 2.05) is 60.1 Å². The topological polar surface area (TPSA) is 46.8 Å². The summed E-state index contributed by atoms with van der Waals surface area (Å²) in [6.07, 6.45) is 3.78. The van der Waals surface area contributed by atoms with Gasteiger partial charge in [0.05, 0.1) is 25.5 Å². The first kappa shape index (κ1) is 15.1. The summed E-state index contributed by atoms with van der Waals surface area (Å²) in [5, 5.41) is 0. The second-order valence-corrected chi connectivity index (χ2v) is 5.23. The number of fused-ring (bicyclic) bond motifs is 1. The van der Waals surface area contributed by atoms with E-state index in [0.717, 1.165) is 11.3 Å². The van der Waals surface area contributed by atoms with Gasteiger partial charge in [-0.2, -0.15) is 0 Å². The SMILES string of the molecule is CCN(Cc1cnc2ccccn12)C(=O)c1cccc(OC)c1. The average molecular weight is 309 g/mol. The monoisotopic (exact) mass is 309 g/mol. The van der Waals surface area contributed by atoms with E-state index >= 15 is 0 Å². The zero-order chi connectivity index (χ0) is 16.2. The van der Waals surface area contributed by atoms with E-state index in [9.17, 15) is 4.79 Å². The lowest BCUT2D eigenvalue weighted by Crippen LogP contribution is -2.30. The highest BCUT2D eigenvalue weighted by molar-refractivity contribution is 5.94. The fraction of sp³-hybridized carbons (Fsp3) is 0.222. The van der Waals surface area contributed by atoms with Crippen LogP contribution >= 0.6 is 0 Å². The fourth-order valence-electron chi connectivity index (χ4n) is 2.56. The molecule has 0 saturated carbocycles. The standard InChI is InChI=1S/C18H19N3O2/c1-3-20(18(22)14-7-6-8-16(11-14)23-2)13-15-12-19-17-9-4-5-10-21(15)17/h4-12H,3,13H2,1-2H3. The lowest BCUT2D eigenvalue weighted by atomic mass is 10.2. The Morgan fingerprint density at radius 3 is 2.91 bits per heavy atom. The molecule has 2 aromatic heterocycles. The van der Waals surface area contributed by atoms with Crippen molar-refractivity contribution in [3.8, 4) is 5.75 Å². The molecule has 0 bridgehead atoms. The quantitative estimate of drug-likeness (QED) is 0.728. The van der Waals surface area contributed by atoms with Crippen LogP contribution in [0.2, 0.25) is 0 Å². The Hall–Kier alpha value is -2.82. The summed E-state index contributed by atoms with van der Waals surface area (Å²) in [6.45, 7) is 3.11. The number of carbonyl (C=O) groups is 1. The van der Waals surface area contributed by atoms with Crippen molar-refractivity contribution >= 4 is 11.6 Å². The molecule has 0 aliphatic carbocycles. The van der Waals surface area contributed by atoms with Crippen molar-refractivity contribution in [1.29, 1.82) is 0 Å². The molecule has 1 amide bonds. The highest BCUT2D eigenvalue weighted by Crippen LogP contribution is 2.16. The maximum atomic E-state index is 12.7. The van der Waals surface area contributed by atoms with Gasteiger partial charge in [0.1, 0.15) is 11.4 Å². The Kier molecular flexibility index (Phi) is 4.28. The summed E-state index contributed by atoms with van der Waals surface area (Å²) >= 11 is 0. The van der Waals surface area contributed by atoms with Crippen molar-refractivity contribution in [3.63, 3.8) is 0 Å². The van der Waals surface area contributed by atoms with Gasteiger partial charge in [-0.05, 0) is 37.3 Å². The summed E-state index contributed by atoms with van der Waals surface area (Å²) in [5.74, 6) is 0.666. The number of hydrogen-bond acceptors (Lipinski definition) is 3. The minimum absolute atomic E-state index is 0.0164. The molecule has 1 aromatic carbocycles. The number of carbonyl (C=O) groups excluding carboxylic acids is 1. The third-order valence-corrected chi connectivity index (χ3v) is 3.83. The maximum absolute atomic E-state index is 12.7. The average Bonchev–Trinajstić information content (AvgIpc) is 3.02. The van der Waals surface area contributed by atoms with Crippen LogP contribution in [0.15, 0.2) is 54.9 Å². The predicted octanol–water partition coefficient (Wildman–Crippen LogP) is 3.01. The molecule has 0 N–H and O–H groups in total. The van der Waals surface area contributed by atoms with Crippen molar-refractivity contribution in [2.75, 3.05) is 13.7 Å². The van der Waals surface area contributed by atoms with Crippen molar-refractivity contribution in [1.82, 2.24) is 14.3 Å². The highest BCUT2D eigenvalue weighted by Gasteiger charge is 2.16. The Balaban J connectivity index is 1.85. The van der Waals surface area contributed by atoms with Gasteiger partial charge >= 0.3 is 0 Å². The van der Waals surface area contributed by atoms with E-state index < -0.39 is 0 Å². The minimum atomic E-state index is -0.0164. The molecule has 0 spiro atoms. The van der Waals surface area contributed by atoms with Gasteiger partial charge in [0.15, 0.2) is 0 Å². The van der Waals surface area contributed by atoms with Gasteiger partial charge in [-0.25, -0.2) is 4.98 Å². The van der Waals surface area contributed by atoms with Gasteiger partial charge in [-0.15, -0.1) is 0 Å². The van der Waals surface area contributed by atoms with Crippen LogP contribution in [-0.2, 0) is 6.54 Å². The maximum Gasteiger partial charge on any atom is 0.254 e. The third-order valence-electron chi connectivity index (χ3n) is 3.83. The van der Waals surface area contributed by atoms with Crippen LogP contribution in [0.3, 0.4) is 0 Å². The lowest BCUT2D eigenvalue weighted by molar-refractivity contribution is 0.0750. The molecular weight excluding hydrogens is 290 g/mol. The second-order valence-electron chi connectivity index (χ2n) is 5.23. The van der Waals surface area contributed by atoms with E-state index in [1.54, 1.807) is 18.1 Å².